The summed E-state index contributed by atoms with van der Waals surface area (Å²) < 4.78 is 37.6. The van der Waals surface area contributed by atoms with Crippen LogP contribution in [0.25, 0.3) is 0 Å². The molecule has 0 aromatic rings. The van der Waals surface area contributed by atoms with E-state index in [0.717, 1.165) is 25.9 Å². The second-order valence-electron chi connectivity index (χ2n) is 5.88. The molecule has 1 N–H and O–H groups in total. The average molecular weight is 292 g/mol. The minimum atomic E-state index is -4.04. The number of carbonyl (C=O) groups excluding carboxylic acids is 1. The van der Waals surface area contributed by atoms with E-state index in [1.165, 1.54) is 0 Å². The number of hydrogen-bond donors (Lipinski definition) is 1. The van der Waals surface area contributed by atoms with Gasteiger partial charge in [-0.3, -0.25) is 4.79 Å². The molecule has 1 saturated carbocycles. The molecule has 6 heteroatoms. The molecule has 2 aliphatic rings. The minimum Gasteiger partial charge on any atom is -0.343 e. The van der Waals surface area contributed by atoms with Crippen molar-refractivity contribution in [1.29, 1.82) is 0 Å². The van der Waals surface area contributed by atoms with Gasteiger partial charge in [0.15, 0.2) is 0 Å². The highest BCUT2D eigenvalue weighted by molar-refractivity contribution is 5.76. The lowest BCUT2D eigenvalue weighted by Crippen LogP contribution is -2.39. The highest BCUT2D eigenvalue weighted by Crippen LogP contribution is 2.37. The van der Waals surface area contributed by atoms with Crippen molar-refractivity contribution < 1.29 is 18.0 Å². The van der Waals surface area contributed by atoms with Crippen LogP contribution in [0.15, 0.2) is 0 Å². The summed E-state index contributed by atoms with van der Waals surface area (Å²) in [5, 5.41) is 3.23. The van der Waals surface area contributed by atoms with Crippen LogP contribution in [-0.4, -0.2) is 42.7 Å². The fraction of sp³-hybridized carbons (Fsp3) is 0.929. The summed E-state index contributed by atoms with van der Waals surface area (Å²) >= 11 is 0. The highest BCUT2D eigenvalue weighted by atomic mass is 19.4. The van der Waals surface area contributed by atoms with Crippen LogP contribution < -0.4 is 5.32 Å². The Balaban J connectivity index is 1.60. The first-order chi connectivity index (χ1) is 9.47. The van der Waals surface area contributed by atoms with Crippen molar-refractivity contribution in [2.24, 2.45) is 5.92 Å². The van der Waals surface area contributed by atoms with Gasteiger partial charge in [0.1, 0.15) is 0 Å². The largest absolute Gasteiger partial charge is 0.391 e. The maximum absolute atomic E-state index is 12.5. The molecule has 1 saturated heterocycles. The Morgan fingerprint density at radius 2 is 1.70 bits per heavy atom. The summed E-state index contributed by atoms with van der Waals surface area (Å²) in [7, 11) is 0. The normalized spacial score (nSPS) is 27.9. The van der Waals surface area contributed by atoms with Crippen LogP contribution in [0.3, 0.4) is 0 Å². The molecule has 2 rings (SSSR count). The van der Waals surface area contributed by atoms with Crippen LogP contribution in [0.2, 0.25) is 0 Å². The number of alkyl halides is 3. The number of carbonyl (C=O) groups is 1. The zero-order valence-corrected chi connectivity index (χ0v) is 11.7. The predicted octanol–water partition coefficient (Wildman–Crippen LogP) is 2.71. The third-order valence-electron chi connectivity index (χ3n) is 4.42. The fourth-order valence-corrected chi connectivity index (χ4v) is 3.13. The first-order valence-corrected chi connectivity index (χ1v) is 7.54. The second kappa shape index (κ2) is 6.78. The number of halogens is 3. The Morgan fingerprint density at radius 1 is 1.10 bits per heavy atom. The first-order valence-electron chi connectivity index (χ1n) is 7.54. The molecule has 116 valence electrons. The van der Waals surface area contributed by atoms with Gasteiger partial charge in [0.2, 0.25) is 5.91 Å². The van der Waals surface area contributed by atoms with Gasteiger partial charge in [0, 0.05) is 32.1 Å². The van der Waals surface area contributed by atoms with Gasteiger partial charge in [0.25, 0.3) is 0 Å². The van der Waals surface area contributed by atoms with Crippen LogP contribution in [-0.2, 0) is 4.79 Å². The van der Waals surface area contributed by atoms with E-state index in [9.17, 15) is 18.0 Å². The summed E-state index contributed by atoms with van der Waals surface area (Å²) in [5.41, 5.74) is 0. The average Bonchev–Trinajstić information content (AvgIpc) is 2.92. The number of hydrogen-bond acceptors (Lipinski definition) is 2. The Morgan fingerprint density at radius 3 is 2.25 bits per heavy atom. The van der Waals surface area contributed by atoms with E-state index >= 15 is 0 Å². The van der Waals surface area contributed by atoms with E-state index in [2.05, 4.69) is 5.32 Å². The molecule has 0 aromatic carbocycles. The summed E-state index contributed by atoms with van der Waals surface area (Å²) in [5.74, 6) is -0.967. The molecule has 1 aliphatic heterocycles. The Kier molecular flexibility index (Phi) is 5.29. The standard InChI is InChI=1S/C14H23F3N2O/c15-14(16,17)11-3-5-12(6-4-11)18-8-7-13(20)19-9-1-2-10-19/h11-12,18H,1-10H2. The molecule has 0 unspecified atom stereocenters. The number of nitrogens with one attached hydrogen (secondary N) is 1. The van der Waals surface area contributed by atoms with E-state index in [-0.39, 0.29) is 24.8 Å². The molecule has 3 nitrogen and oxygen atoms in total. The number of likely N-dealkylation sites (tertiary alicyclic amines) is 1. The molecule has 0 bridgehead atoms. The molecule has 1 amide bonds. The maximum Gasteiger partial charge on any atom is 0.391 e. The first kappa shape index (κ1) is 15.6. The van der Waals surface area contributed by atoms with Gasteiger partial charge in [-0.15, -0.1) is 0 Å². The maximum atomic E-state index is 12.5. The van der Waals surface area contributed by atoms with Crippen molar-refractivity contribution in [3.05, 3.63) is 0 Å². The molecule has 0 radical (unpaired) electrons. The lowest BCUT2D eigenvalue weighted by atomic mass is 9.85. The molecule has 1 aliphatic carbocycles. The Hall–Kier alpha value is -0.780. The smallest absolute Gasteiger partial charge is 0.343 e. The number of amides is 1. The zero-order valence-electron chi connectivity index (χ0n) is 11.7. The van der Waals surface area contributed by atoms with Gasteiger partial charge in [-0.1, -0.05) is 0 Å². The summed E-state index contributed by atoms with van der Waals surface area (Å²) in [6.07, 6.45) is 0.115. The quantitative estimate of drug-likeness (QED) is 0.864. The van der Waals surface area contributed by atoms with Crippen molar-refractivity contribution in [2.45, 2.75) is 57.2 Å². The van der Waals surface area contributed by atoms with Crippen LogP contribution >= 0.6 is 0 Å². The number of rotatable bonds is 4. The molecule has 0 atom stereocenters. The summed E-state index contributed by atoms with van der Waals surface area (Å²) in [6, 6.07) is 0.139. The highest BCUT2D eigenvalue weighted by Gasteiger charge is 2.41. The topological polar surface area (TPSA) is 32.3 Å². The minimum absolute atomic E-state index is 0.139. The van der Waals surface area contributed by atoms with E-state index in [1.807, 2.05) is 4.90 Å². The van der Waals surface area contributed by atoms with E-state index in [4.69, 9.17) is 0 Å². The summed E-state index contributed by atoms with van der Waals surface area (Å²) in [4.78, 5) is 13.7. The van der Waals surface area contributed by atoms with Crippen LogP contribution in [0, 0.1) is 5.92 Å². The van der Waals surface area contributed by atoms with Crippen molar-refractivity contribution in [3.63, 3.8) is 0 Å². The van der Waals surface area contributed by atoms with Gasteiger partial charge in [0.05, 0.1) is 5.92 Å². The fourth-order valence-electron chi connectivity index (χ4n) is 3.13. The number of nitrogens with zero attached hydrogens (tertiary/aromatic N) is 1. The Labute approximate surface area is 117 Å². The molecule has 1 heterocycles. The third kappa shape index (κ3) is 4.36. The van der Waals surface area contributed by atoms with Gasteiger partial charge in [-0.05, 0) is 38.5 Å². The molecular weight excluding hydrogens is 269 g/mol. The van der Waals surface area contributed by atoms with Crippen LogP contribution in [0.4, 0.5) is 13.2 Å². The lowest BCUT2D eigenvalue weighted by Gasteiger charge is -2.30. The van der Waals surface area contributed by atoms with E-state index in [0.29, 0.717) is 25.8 Å². The van der Waals surface area contributed by atoms with Crippen molar-refractivity contribution >= 4 is 5.91 Å². The predicted molar refractivity (Wildman–Crippen MR) is 70.2 cm³/mol. The van der Waals surface area contributed by atoms with Gasteiger partial charge in [-0.2, -0.15) is 13.2 Å². The van der Waals surface area contributed by atoms with Crippen molar-refractivity contribution in [3.8, 4) is 0 Å². The van der Waals surface area contributed by atoms with Gasteiger partial charge in [-0.25, -0.2) is 0 Å². The van der Waals surface area contributed by atoms with E-state index < -0.39 is 12.1 Å². The van der Waals surface area contributed by atoms with Crippen LogP contribution in [0.5, 0.6) is 0 Å². The van der Waals surface area contributed by atoms with Crippen molar-refractivity contribution in [1.82, 2.24) is 10.2 Å². The third-order valence-corrected chi connectivity index (χ3v) is 4.42. The van der Waals surface area contributed by atoms with E-state index in [1.54, 1.807) is 0 Å². The SMILES string of the molecule is O=C(CCNC1CCC(C(F)(F)F)CC1)N1CCCC1. The molecule has 20 heavy (non-hydrogen) atoms. The molecule has 0 spiro atoms. The molecule has 0 aromatic heterocycles. The van der Waals surface area contributed by atoms with Gasteiger partial charge < -0.3 is 10.2 Å². The second-order valence-corrected chi connectivity index (χ2v) is 5.88. The lowest BCUT2D eigenvalue weighted by molar-refractivity contribution is -0.182. The van der Waals surface area contributed by atoms with Gasteiger partial charge >= 0.3 is 6.18 Å². The Bertz CT molecular complexity index is 319. The zero-order chi connectivity index (χ0) is 14.6. The molecular formula is C14H23F3N2O. The summed E-state index contributed by atoms with van der Waals surface area (Å²) in [6.45, 7) is 2.29. The van der Waals surface area contributed by atoms with Crippen molar-refractivity contribution in [2.75, 3.05) is 19.6 Å². The monoisotopic (exact) mass is 292 g/mol. The van der Waals surface area contributed by atoms with Crippen LogP contribution in [0.1, 0.15) is 44.9 Å². The molecule has 2 fully saturated rings.